The Morgan fingerprint density at radius 1 is 1.17 bits per heavy atom. The van der Waals surface area contributed by atoms with Gasteiger partial charge in [0.15, 0.2) is 10.9 Å². The van der Waals surface area contributed by atoms with E-state index in [2.05, 4.69) is 36.4 Å². The van der Waals surface area contributed by atoms with Gasteiger partial charge in [0.2, 0.25) is 0 Å². The summed E-state index contributed by atoms with van der Waals surface area (Å²) in [6.45, 7) is -2.48. The third kappa shape index (κ3) is 6.02. The van der Waals surface area contributed by atoms with Crippen molar-refractivity contribution in [2.24, 2.45) is 0 Å². The number of benzene rings is 2. The van der Waals surface area contributed by atoms with Gasteiger partial charge >= 0.3 is 6.61 Å². The van der Waals surface area contributed by atoms with Gasteiger partial charge in [0, 0.05) is 6.20 Å². The monoisotopic (exact) mass is 520 g/mol. The van der Waals surface area contributed by atoms with Gasteiger partial charge in [0.25, 0.3) is 0 Å². The Hall–Kier alpha value is -1.94. The van der Waals surface area contributed by atoms with Crippen LogP contribution in [0.3, 0.4) is 0 Å². The van der Waals surface area contributed by atoms with Crippen LogP contribution in [-0.4, -0.2) is 21.5 Å². The first kappa shape index (κ1) is 21.8. The number of aromatic nitrogens is 2. The molecule has 0 spiro atoms. The lowest BCUT2D eigenvalue weighted by atomic mass is 10.2. The highest BCUT2D eigenvalue weighted by Crippen LogP contribution is 2.27. The van der Waals surface area contributed by atoms with Gasteiger partial charge < -0.3 is 15.4 Å². The minimum Gasteiger partial charge on any atom is -0.433 e. The number of hydrogen-bond acceptors (Lipinski definition) is 3. The van der Waals surface area contributed by atoms with Crippen LogP contribution in [0.5, 0.6) is 5.75 Å². The molecule has 3 rings (SSSR count). The number of para-hydroxylation sites is 2. The molecular weight excluding hydrogens is 509 g/mol. The van der Waals surface area contributed by atoms with Crippen LogP contribution in [0.4, 0.5) is 20.3 Å². The van der Waals surface area contributed by atoms with Crippen molar-refractivity contribution >= 4 is 68.0 Å². The molecule has 29 heavy (non-hydrogen) atoms. The molecular formula is C18H13BrCl2F2N4OS. The van der Waals surface area contributed by atoms with E-state index in [-0.39, 0.29) is 10.9 Å². The lowest BCUT2D eigenvalue weighted by molar-refractivity contribution is -0.0493. The second-order valence-electron chi connectivity index (χ2n) is 5.73. The van der Waals surface area contributed by atoms with Crippen molar-refractivity contribution in [1.29, 1.82) is 0 Å². The molecule has 2 aromatic carbocycles. The number of nitrogens with one attached hydrogen (secondary N) is 2. The number of thiocarbonyl (C=S) groups is 1. The van der Waals surface area contributed by atoms with Crippen molar-refractivity contribution in [1.82, 2.24) is 9.78 Å². The second-order valence-corrected chi connectivity index (χ2v) is 7.80. The van der Waals surface area contributed by atoms with E-state index < -0.39 is 6.61 Å². The molecule has 0 atom stereocenters. The lowest BCUT2D eigenvalue weighted by Gasteiger charge is -2.13. The number of anilines is 2. The summed E-state index contributed by atoms with van der Waals surface area (Å²) in [5.74, 6) is 0.436. The second kappa shape index (κ2) is 9.71. The van der Waals surface area contributed by atoms with Crippen LogP contribution < -0.4 is 15.4 Å². The average molecular weight is 522 g/mol. The first-order valence-electron chi connectivity index (χ1n) is 8.10. The third-order valence-electron chi connectivity index (χ3n) is 3.63. The summed E-state index contributed by atoms with van der Waals surface area (Å²) in [5, 5.41) is 11.3. The Labute approximate surface area is 189 Å². The summed E-state index contributed by atoms with van der Waals surface area (Å²) in [4.78, 5) is 0. The molecule has 0 unspecified atom stereocenters. The summed E-state index contributed by atoms with van der Waals surface area (Å²) in [5.41, 5.74) is 1.22. The maximum absolute atomic E-state index is 12.5. The van der Waals surface area contributed by atoms with Crippen LogP contribution in [0.1, 0.15) is 5.56 Å². The predicted molar refractivity (Wildman–Crippen MR) is 118 cm³/mol. The number of rotatable bonds is 6. The average Bonchev–Trinajstić information content (AvgIpc) is 2.98. The van der Waals surface area contributed by atoms with Gasteiger partial charge in [-0.1, -0.05) is 41.4 Å². The Morgan fingerprint density at radius 3 is 2.66 bits per heavy atom. The van der Waals surface area contributed by atoms with Gasteiger partial charge in [-0.15, -0.1) is 0 Å². The summed E-state index contributed by atoms with van der Waals surface area (Å²) >= 11 is 20.6. The molecule has 0 aliphatic rings. The molecule has 1 aromatic heterocycles. The third-order valence-corrected chi connectivity index (χ3v) is 5.15. The van der Waals surface area contributed by atoms with E-state index in [0.717, 1.165) is 5.56 Å². The molecule has 0 fully saturated rings. The molecule has 152 valence electrons. The Kier molecular flexibility index (Phi) is 7.28. The molecule has 0 saturated heterocycles. The normalized spacial score (nSPS) is 10.8. The highest BCUT2D eigenvalue weighted by atomic mass is 79.9. The van der Waals surface area contributed by atoms with Crippen LogP contribution in [-0.2, 0) is 6.54 Å². The summed E-state index contributed by atoms with van der Waals surface area (Å²) in [7, 11) is 0. The fourth-order valence-corrected chi connectivity index (χ4v) is 3.36. The van der Waals surface area contributed by atoms with Crippen LogP contribution in [0.2, 0.25) is 10.0 Å². The van der Waals surface area contributed by atoms with E-state index in [9.17, 15) is 8.78 Å². The molecule has 0 bridgehead atoms. The van der Waals surface area contributed by atoms with E-state index in [1.54, 1.807) is 41.2 Å². The van der Waals surface area contributed by atoms with Crippen molar-refractivity contribution in [2.75, 3.05) is 10.6 Å². The van der Waals surface area contributed by atoms with Crippen molar-refractivity contribution in [3.8, 4) is 5.75 Å². The van der Waals surface area contributed by atoms with Gasteiger partial charge in [-0.25, -0.2) is 0 Å². The van der Waals surface area contributed by atoms with E-state index in [0.29, 0.717) is 32.6 Å². The first-order valence-corrected chi connectivity index (χ1v) is 10.1. The van der Waals surface area contributed by atoms with Gasteiger partial charge in [-0.05, 0) is 58.0 Å². The molecule has 0 aliphatic carbocycles. The fraction of sp³-hybridized carbons (Fsp3) is 0.111. The molecule has 0 amide bonds. The highest BCUT2D eigenvalue weighted by Gasteiger charge is 2.13. The SMILES string of the molecule is FC(F)Oc1ccccc1NC(=S)Nc1nn(Cc2ccc(Cl)c(Cl)c2)cc1Br. The maximum atomic E-state index is 12.5. The maximum Gasteiger partial charge on any atom is 0.387 e. The smallest absolute Gasteiger partial charge is 0.387 e. The Morgan fingerprint density at radius 2 is 1.93 bits per heavy atom. The Balaban J connectivity index is 1.68. The molecule has 0 radical (unpaired) electrons. The number of nitrogens with zero attached hydrogens (tertiary/aromatic N) is 2. The van der Waals surface area contributed by atoms with Crippen LogP contribution in [0.25, 0.3) is 0 Å². The highest BCUT2D eigenvalue weighted by molar-refractivity contribution is 9.10. The van der Waals surface area contributed by atoms with Crippen molar-refractivity contribution in [2.45, 2.75) is 13.2 Å². The molecule has 3 aromatic rings. The van der Waals surface area contributed by atoms with E-state index in [4.69, 9.17) is 35.4 Å². The molecule has 2 N–H and O–H groups in total. The molecule has 1 heterocycles. The van der Waals surface area contributed by atoms with Crippen LogP contribution in [0, 0.1) is 0 Å². The number of alkyl halides is 2. The van der Waals surface area contributed by atoms with Gasteiger partial charge in [0.1, 0.15) is 5.75 Å². The molecule has 11 heteroatoms. The van der Waals surface area contributed by atoms with Crippen LogP contribution in [0.15, 0.2) is 53.1 Å². The van der Waals surface area contributed by atoms with Crippen LogP contribution >= 0.6 is 51.3 Å². The zero-order valence-electron chi connectivity index (χ0n) is 14.5. The van der Waals surface area contributed by atoms with Gasteiger partial charge in [-0.3, -0.25) is 4.68 Å². The molecule has 0 aliphatic heterocycles. The number of hydrogen-bond donors (Lipinski definition) is 2. The standard InChI is InChI=1S/C18H13BrCl2F2N4OS/c19-11-9-27(8-10-5-6-12(20)13(21)7-10)26-16(11)25-18(29)24-14-3-1-2-4-15(14)28-17(22)23/h1-7,9,17H,8H2,(H2,24,25,26,29). The van der Waals surface area contributed by atoms with Gasteiger partial charge in [-0.2, -0.15) is 13.9 Å². The van der Waals surface area contributed by atoms with Crippen molar-refractivity contribution < 1.29 is 13.5 Å². The summed E-state index contributed by atoms with van der Waals surface area (Å²) in [6.07, 6.45) is 1.77. The largest absolute Gasteiger partial charge is 0.433 e. The summed E-state index contributed by atoms with van der Waals surface area (Å²) < 4.78 is 31.9. The van der Waals surface area contributed by atoms with Gasteiger partial charge in [0.05, 0.1) is 26.8 Å². The van der Waals surface area contributed by atoms with E-state index in [1.807, 2.05) is 6.07 Å². The molecule has 5 nitrogen and oxygen atoms in total. The molecule has 0 saturated carbocycles. The quantitative estimate of drug-likeness (QED) is 0.367. The van der Waals surface area contributed by atoms with Crippen molar-refractivity contribution in [3.05, 3.63) is 68.7 Å². The zero-order chi connectivity index (χ0) is 21.0. The zero-order valence-corrected chi connectivity index (χ0v) is 18.4. The predicted octanol–water partition coefficient (Wildman–Crippen LogP) is 6.41. The topological polar surface area (TPSA) is 51.1 Å². The van der Waals surface area contributed by atoms with Crippen molar-refractivity contribution in [3.63, 3.8) is 0 Å². The van der Waals surface area contributed by atoms with E-state index in [1.165, 1.54) is 6.07 Å². The number of ether oxygens (including phenoxy) is 1. The fourth-order valence-electron chi connectivity index (χ4n) is 2.42. The Bertz CT molecular complexity index is 1030. The minimum absolute atomic E-state index is 0.0177. The summed E-state index contributed by atoms with van der Waals surface area (Å²) in [6, 6.07) is 11.6. The van der Waals surface area contributed by atoms with E-state index >= 15 is 0 Å². The number of halogens is 5. The lowest BCUT2D eigenvalue weighted by Crippen LogP contribution is -2.20. The first-order chi connectivity index (χ1) is 13.8. The minimum atomic E-state index is -2.94.